The van der Waals surface area contributed by atoms with E-state index in [1.807, 2.05) is 51.1 Å². The predicted molar refractivity (Wildman–Crippen MR) is 126 cm³/mol. The second-order valence-corrected chi connectivity index (χ2v) is 12.1. The summed E-state index contributed by atoms with van der Waals surface area (Å²) in [5.41, 5.74) is 0.235. The lowest BCUT2D eigenvalue weighted by molar-refractivity contribution is -0.138. The van der Waals surface area contributed by atoms with Gasteiger partial charge in [0.2, 0.25) is 0 Å². The van der Waals surface area contributed by atoms with E-state index in [-0.39, 0.29) is 12.0 Å². The Hall–Kier alpha value is -2.57. The maximum atomic E-state index is 14.1. The molecule has 4 atom stereocenters. The molecule has 0 aromatic heterocycles. The van der Waals surface area contributed by atoms with Crippen molar-refractivity contribution in [3.63, 3.8) is 0 Å². The van der Waals surface area contributed by atoms with Gasteiger partial charge in [0.1, 0.15) is 12.6 Å². The van der Waals surface area contributed by atoms with E-state index in [9.17, 15) is 19.5 Å². The van der Waals surface area contributed by atoms with Crippen LogP contribution in [-0.2, 0) is 16.0 Å². The average molecular weight is 469 g/mol. The molecule has 0 radical (unpaired) electrons. The van der Waals surface area contributed by atoms with Gasteiger partial charge in [-0.15, -0.1) is 0 Å². The molecule has 5 fully saturated rings. The van der Waals surface area contributed by atoms with Crippen molar-refractivity contribution in [2.45, 2.75) is 83.3 Å². The molecule has 5 aliphatic rings. The first-order valence-electron chi connectivity index (χ1n) is 12.6. The Morgan fingerprint density at radius 1 is 1.15 bits per heavy atom. The van der Waals surface area contributed by atoms with E-state index in [1.165, 1.54) is 29.1 Å². The number of ether oxygens (including phenoxy) is 1. The van der Waals surface area contributed by atoms with Gasteiger partial charge in [-0.1, -0.05) is 30.3 Å². The zero-order chi connectivity index (χ0) is 24.3. The van der Waals surface area contributed by atoms with Crippen molar-refractivity contribution in [3.05, 3.63) is 35.9 Å². The minimum atomic E-state index is -1.12. The molecule has 7 nitrogen and oxygen atoms in total. The van der Waals surface area contributed by atoms with Crippen molar-refractivity contribution >= 4 is 18.1 Å². The summed E-state index contributed by atoms with van der Waals surface area (Å²) in [4.78, 5) is 42.0. The average Bonchev–Trinajstić information content (AvgIpc) is 3.31. The molecule has 4 saturated carbocycles. The molecule has 4 bridgehead atoms. The van der Waals surface area contributed by atoms with E-state index in [4.69, 9.17) is 4.74 Å². The maximum Gasteiger partial charge on any atom is 0.417 e. The second-order valence-electron chi connectivity index (χ2n) is 12.1. The first kappa shape index (κ1) is 23.2. The fraction of sp³-hybridized carbons (Fsp3) is 0.667. The maximum absolute atomic E-state index is 14.1. The van der Waals surface area contributed by atoms with Crippen molar-refractivity contribution in [3.8, 4) is 0 Å². The molecular formula is C27H36N2O5. The largest absolute Gasteiger partial charge is 0.465 e. The number of imide groups is 1. The van der Waals surface area contributed by atoms with E-state index in [2.05, 4.69) is 0 Å². The van der Waals surface area contributed by atoms with E-state index >= 15 is 0 Å². The molecule has 184 valence electrons. The Morgan fingerprint density at radius 3 is 2.38 bits per heavy atom. The van der Waals surface area contributed by atoms with Gasteiger partial charge in [0.05, 0.1) is 6.04 Å². The minimum Gasteiger partial charge on any atom is -0.465 e. The van der Waals surface area contributed by atoms with Crippen molar-refractivity contribution in [2.24, 2.45) is 23.2 Å². The lowest BCUT2D eigenvalue weighted by Gasteiger charge is -2.44. The standard InChI is InChI=1S/C27H36N2O5/c1-26(2,3)29(24(31)32)22(15-27-13-18-9-19(14-27)11-20(27)10-18)23(30)28-21(16-34-25(28)33)12-17-7-5-4-6-8-17/h4-8,18-22H,9-16H2,1-3H3,(H,31,32)/t18?,19?,20?,21-,22-,27?/m0/s1. The van der Waals surface area contributed by atoms with Crippen LogP contribution >= 0.6 is 0 Å². The van der Waals surface area contributed by atoms with Crippen LogP contribution in [0.4, 0.5) is 9.59 Å². The number of carbonyl (C=O) groups excluding carboxylic acids is 2. The van der Waals surface area contributed by atoms with E-state index in [0.717, 1.165) is 18.4 Å². The summed E-state index contributed by atoms with van der Waals surface area (Å²) >= 11 is 0. The summed E-state index contributed by atoms with van der Waals surface area (Å²) in [5.74, 6) is 1.53. The van der Waals surface area contributed by atoms with Gasteiger partial charge in [0, 0.05) is 5.54 Å². The molecule has 6 rings (SSSR count). The molecule has 1 heterocycles. The highest BCUT2D eigenvalue weighted by Crippen LogP contribution is 2.67. The molecule has 3 amide bonds. The highest BCUT2D eigenvalue weighted by atomic mass is 16.6. The molecule has 4 aliphatic carbocycles. The van der Waals surface area contributed by atoms with E-state index < -0.39 is 35.7 Å². The van der Waals surface area contributed by atoms with Gasteiger partial charge < -0.3 is 9.84 Å². The molecule has 1 N–H and O–H groups in total. The van der Waals surface area contributed by atoms with Crippen molar-refractivity contribution in [1.29, 1.82) is 0 Å². The Bertz CT molecular complexity index is 957. The molecule has 1 aliphatic heterocycles. The van der Waals surface area contributed by atoms with Crippen LogP contribution < -0.4 is 0 Å². The van der Waals surface area contributed by atoms with Crippen LogP contribution in [0.1, 0.15) is 64.9 Å². The van der Waals surface area contributed by atoms with Crippen LogP contribution in [0.25, 0.3) is 0 Å². The first-order chi connectivity index (χ1) is 16.1. The molecule has 0 spiro atoms. The number of benzene rings is 1. The number of amides is 3. The molecule has 1 aromatic rings. The van der Waals surface area contributed by atoms with Gasteiger partial charge in [-0.25, -0.2) is 14.5 Å². The summed E-state index contributed by atoms with van der Waals surface area (Å²) in [5, 5.41) is 10.2. The van der Waals surface area contributed by atoms with Gasteiger partial charge in [0.15, 0.2) is 0 Å². The summed E-state index contributed by atoms with van der Waals surface area (Å²) in [7, 11) is 0. The third-order valence-corrected chi connectivity index (χ3v) is 8.80. The summed E-state index contributed by atoms with van der Waals surface area (Å²) < 4.78 is 5.33. The predicted octanol–water partition coefficient (Wildman–Crippen LogP) is 4.94. The lowest BCUT2D eigenvalue weighted by Crippen LogP contribution is -2.60. The molecule has 7 heteroatoms. The zero-order valence-corrected chi connectivity index (χ0v) is 20.4. The van der Waals surface area contributed by atoms with Gasteiger partial charge >= 0.3 is 12.2 Å². The third-order valence-electron chi connectivity index (χ3n) is 8.80. The van der Waals surface area contributed by atoms with Crippen LogP contribution in [0.3, 0.4) is 0 Å². The number of carbonyl (C=O) groups is 3. The van der Waals surface area contributed by atoms with Crippen LogP contribution in [0.15, 0.2) is 30.3 Å². The van der Waals surface area contributed by atoms with E-state index in [0.29, 0.717) is 30.6 Å². The Morgan fingerprint density at radius 2 is 1.79 bits per heavy atom. The normalized spacial score (nSPS) is 32.7. The number of carboxylic acid groups (broad SMARTS) is 1. The van der Waals surface area contributed by atoms with Crippen LogP contribution in [0.5, 0.6) is 0 Å². The summed E-state index contributed by atoms with van der Waals surface area (Å²) in [6.07, 6.45) is 5.03. The highest BCUT2D eigenvalue weighted by Gasteiger charge is 2.60. The van der Waals surface area contributed by atoms with Crippen molar-refractivity contribution < 1.29 is 24.2 Å². The van der Waals surface area contributed by atoms with Gasteiger partial charge in [0.25, 0.3) is 5.91 Å². The van der Waals surface area contributed by atoms with Gasteiger partial charge in [-0.3, -0.25) is 9.69 Å². The van der Waals surface area contributed by atoms with E-state index in [1.54, 1.807) is 0 Å². The van der Waals surface area contributed by atoms with Crippen LogP contribution in [0.2, 0.25) is 0 Å². The zero-order valence-electron chi connectivity index (χ0n) is 20.4. The molecule has 34 heavy (non-hydrogen) atoms. The molecule has 2 unspecified atom stereocenters. The topological polar surface area (TPSA) is 87.2 Å². The van der Waals surface area contributed by atoms with Crippen LogP contribution in [0, 0.1) is 23.2 Å². The monoisotopic (exact) mass is 468 g/mol. The smallest absolute Gasteiger partial charge is 0.417 e. The Balaban J connectivity index is 1.47. The lowest BCUT2D eigenvalue weighted by atomic mass is 9.71. The van der Waals surface area contributed by atoms with Crippen molar-refractivity contribution in [1.82, 2.24) is 9.80 Å². The highest BCUT2D eigenvalue weighted by molar-refractivity contribution is 5.97. The van der Waals surface area contributed by atoms with Gasteiger partial charge in [-0.2, -0.15) is 0 Å². The number of nitrogens with zero attached hydrogens (tertiary/aromatic N) is 2. The molecule has 1 saturated heterocycles. The minimum absolute atomic E-state index is 0.00537. The summed E-state index contributed by atoms with van der Waals surface area (Å²) in [6, 6.07) is 8.38. The Kier molecular flexibility index (Phi) is 5.64. The van der Waals surface area contributed by atoms with Crippen molar-refractivity contribution in [2.75, 3.05) is 6.61 Å². The first-order valence-corrected chi connectivity index (χ1v) is 12.6. The number of rotatable bonds is 6. The SMILES string of the molecule is CC(C)(C)N(C(=O)O)[C@@H](CC12CC3CC(CC1C3)C2)C(=O)N1C(=O)OC[C@@H]1Cc1ccccc1. The molecule has 1 aromatic carbocycles. The number of cyclic esters (lactones) is 1. The Labute approximate surface area is 201 Å². The van der Waals surface area contributed by atoms with Gasteiger partial charge in [-0.05, 0) is 94.4 Å². The number of hydrogen-bond acceptors (Lipinski definition) is 4. The third kappa shape index (κ3) is 3.97. The second kappa shape index (κ2) is 8.28. The fourth-order valence-corrected chi connectivity index (χ4v) is 7.79. The van der Waals surface area contributed by atoms with Crippen LogP contribution in [-0.4, -0.2) is 57.2 Å². The molecular weight excluding hydrogens is 432 g/mol. The summed E-state index contributed by atoms with van der Waals surface area (Å²) in [6.45, 7) is 5.59. The fourth-order valence-electron chi connectivity index (χ4n) is 7.79. The quantitative estimate of drug-likeness (QED) is 0.639. The number of hydrogen-bond donors (Lipinski definition) is 1.